The normalized spacial score (nSPS) is 10.4. The van der Waals surface area contributed by atoms with Gasteiger partial charge in [-0.25, -0.2) is 9.78 Å². The van der Waals surface area contributed by atoms with Crippen molar-refractivity contribution < 1.29 is 14.3 Å². The minimum absolute atomic E-state index is 0.269. The van der Waals surface area contributed by atoms with E-state index in [4.69, 9.17) is 4.74 Å². The molecular weight excluding hydrogens is 416 g/mol. The Morgan fingerprint density at radius 1 is 1.15 bits per heavy atom. The molecule has 0 saturated carbocycles. The van der Waals surface area contributed by atoms with Crippen LogP contribution in [-0.2, 0) is 4.74 Å². The molecule has 1 aromatic heterocycles. The summed E-state index contributed by atoms with van der Waals surface area (Å²) >= 11 is 4.44. The molecule has 1 amide bonds. The van der Waals surface area contributed by atoms with Gasteiger partial charge in [-0.15, -0.1) is 0 Å². The van der Waals surface area contributed by atoms with Crippen LogP contribution in [0.5, 0.6) is 0 Å². The lowest BCUT2D eigenvalue weighted by atomic mass is 10.1. The highest BCUT2D eigenvalue weighted by Gasteiger charge is 2.21. The molecule has 1 N–H and O–H groups in total. The lowest BCUT2D eigenvalue weighted by molar-refractivity contribution is 0.0532. The van der Waals surface area contributed by atoms with Gasteiger partial charge in [0.15, 0.2) is 5.13 Å². The van der Waals surface area contributed by atoms with Gasteiger partial charge in [0, 0.05) is 15.6 Å². The number of benzene rings is 2. The average molecular weight is 431 g/mol. The van der Waals surface area contributed by atoms with E-state index in [9.17, 15) is 9.59 Å². The number of carbonyl (C=O) groups is 2. The van der Waals surface area contributed by atoms with E-state index in [0.717, 1.165) is 21.4 Å². The number of halogens is 1. The monoisotopic (exact) mass is 430 g/mol. The smallest absolute Gasteiger partial charge is 0.350 e. The van der Waals surface area contributed by atoms with Crippen molar-refractivity contribution in [1.29, 1.82) is 0 Å². The van der Waals surface area contributed by atoms with Crippen LogP contribution >= 0.6 is 27.3 Å². The number of nitrogens with zero attached hydrogens (tertiary/aromatic N) is 1. The van der Waals surface area contributed by atoms with Crippen molar-refractivity contribution in [2.45, 2.75) is 6.92 Å². The van der Waals surface area contributed by atoms with Crippen molar-refractivity contribution in [2.24, 2.45) is 0 Å². The van der Waals surface area contributed by atoms with E-state index in [1.807, 2.05) is 36.4 Å². The van der Waals surface area contributed by atoms with E-state index in [0.29, 0.717) is 21.3 Å². The Bertz CT molecular complexity index is 941. The van der Waals surface area contributed by atoms with E-state index in [-0.39, 0.29) is 12.5 Å². The number of rotatable bonds is 5. The van der Waals surface area contributed by atoms with Crippen LogP contribution in [0.15, 0.2) is 59.1 Å². The van der Waals surface area contributed by atoms with Gasteiger partial charge in [0.25, 0.3) is 5.91 Å². The molecule has 0 atom stereocenters. The molecule has 1 heterocycles. The first-order valence-corrected chi connectivity index (χ1v) is 9.49. The Labute approximate surface area is 163 Å². The van der Waals surface area contributed by atoms with Crippen LogP contribution in [0.25, 0.3) is 11.3 Å². The van der Waals surface area contributed by atoms with Crippen molar-refractivity contribution >= 4 is 44.3 Å². The molecule has 3 aromatic rings. The number of aromatic nitrogens is 1. The summed E-state index contributed by atoms with van der Waals surface area (Å²) in [6, 6.07) is 16.4. The Hall–Kier alpha value is -2.51. The van der Waals surface area contributed by atoms with Crippen molar-refractivity contribution in [3.05, 3.63) is 69.5 Å². The number of hydrogen-bond acceptors (Lipinski definition) is 5. The van der Waals surface area contributed by atoms with E-state index in [1.54, 1.807) is 25.1 Å². The molecule has 132 valence electrons. The number of amides is 1. The molecule has 0 fully saturated rings. The number of thiazole rings is 1. The fourth-order valence-electron chi connectivity index (χ4n) is 2.30. The zero-order valence-electron chi connectivity index (χ0n) is 13.9. The van der Waals surface area contributed by atoms with E-state index in [1.165, 1.54) is 0 Å². The number of hydrogen-bond donors (Lipinski definition) is 1. The first-order valence-electron chi connectivity index (χ1n) is 7.88. The van der Waals surface area contributed by atoms with Gasteiger partial charge in [0.1, 0.15) is 4.88 Å². The Kier molecular flexibility index (Phi) is 5.80. The zero-order chi connectivity index (χ0) is 18.5. The SMILES string of the molecule is CCOC(=O)c1sc(NC(=O)c2cccc(Br)c2)nc1-c1ccccc1. The van der Waals surface area contributed by atoms with Crippen molar-refractivity contribution in [1.82, 2.24) is 4.98 Å². The lowest BCUT2D eigenvalue weighted by Gasteiger charge is -2.02. The molecule has 0 aliphatic carbocycles. The van der Waals surface area contributed by atoms with Gasteiger partial charge in [-0.3, -0.25) is 10.1 Å². The topological polar surface area (TPSA) is 68.3 Å². The summed E-state index contributed by atoms with van der Waals surface area (Å²) < 4.78 is 5.93. The second kappa shape index (κ2) is 8.25. The van der Waals surface area contributed by atoms with E-state index in [2.05, 4.69) is 26.2 Å². The first kappa shape index (κ1) is 18.3. The van der Waals surface area contributed by atoms with E-state index < -0.39 is 5.97 Å². The van der Waals surface area contributed by atoms with Crippen molar-refractivity contribution in [3.8, 4) is 11.3 Å². The Morgan fingerprint density at radius 3 is 2.62 bits per heavy atom. The van der Waals surface area contributed by atoms with Gasteiger partial charge >= 0.3 is 5.97 Å². The summed E-state index contributed by atoms with van der Waals surface area (Å²) in [5.74, 6) is -0.748. The molecule has 0 saturated heterocycles. The Balaban J connectivity index is 1.93. The van der Waals surface area contributed by atoms with Crippen molar-refractivity contribution in [2.75, 3.05) is 11.9 Å². The zero-order valence-corrected chi connectivity index (χ0v) is 16.3. The third kappa shape index (κ3) is 4.17. The maximum Gasteiger partial charge on any atom is 0.350 e. The predicted molar refractivity (Wildman–Crippen MR) is 106 cm³/mol. The number of ether oxygens (including phenoxy) is 1. The predicted octanol–water partition coefficient (Wildman–Crippen LogP) is 5.00. The van der Waals surface area contributed by atoms with Gasteiger partial charge < -0.3 is 4.74 Å². The highest BCUT2D eigenvalue weighted by atomic mass is 79.9. The van der Waals surface area contributed by atoms with Gasteiger partial charge in [0.05, 0.1) is 12.3 Å². The second-order valence-electron chi connectivity index (χ2n) is 5.25. The quantitative estimate of drug-likeness (QED) is 0.578. The molecule has 2 aromatic carbocycles. The summed E-state index contributed by atoms with van der Waals surface area (Å²) in [6.45, 7) is 2.02. The second-order valence-corrected chi connectivity index (χ2v) is 7.16. The fourth-order valence-corrected chi connectivity index (χ4v) is 3.57. The van der Waals surface area contributed by atoms with Crippen LogP contribution in [0, 0.1) is 0 Å². The summed E-state index contributed by atoms with van der Waals surface area (Å²) in [5.41, 5.74) is 1.78. The number of esters is 1. The lowest BCUT2D eigenvalue weighted by Crippen LogP contribution is -2.11. The Morgan fingerprint density at radius 2 is 1.92 bits per heavy atom. The highest BCUT2D eigenvalue weighted by Crippen LogP contribution is 2.32. The molecule has 7 heteroatoms. The molecule has 0 bridgehead atoms. The maximum atomic E-state index is 12.4. The van der Waals surface area contributed by atoms with Crippen molar-refractivity contribution in [3.63, 3.8) is 0 Å². The average Bonchev–Trinajstić information content (AvgIpc) is 3.06. The molecular formula is C19H15BrN2O3S. The molecule has 26 heavy (non-hydrogen) atoms. The number of anilines is 1. The standard InChI is InChI=1S/C19H15BrN2O3S/c1-2-25-18(24)16-15(12-7-4-3-5-8-12)21-19(26-16)22-17(23)13-9-6-10-14(20)11-13/h3-11H,2H2,1H3,(H,21,22,23). The first-order chi connectivity index (χ1) is 12.6. The van der Waals surface area contributed by atoms with Crippen LogP contribution < -0.4 is 5.32 Å². The van der Waals surface area contributed by atoms with Crippen LogP contribution in [0.3, 0.4) is 0 Å². The summed E-state index contributed by atoms with van der Waals surface area (Å²) in [4.78, 5) is 29.5. The molecule has 0 aliphatic rings. The highest BCUT2D eigenvalue weighted by molar-refractivity contribution is 9.10. The third-order valence-electron chi connectivity index (χ3n) is 3.44. The van der Waals surface area contributed by atoms with Gasteiger partial charge in [-0.2, -0.15) is 0 Å². The maximum absolute atomic E-state index is 12.4. The molecule has 3 rings (SSSR count). The molecule has 0 aliphatic heterocycles. The van der Waals surface area contributed by atoms with Crippen LogP contribution in [0.1, 0.15) is 27.0 Å². The fraction of sp³-hybridized carbons (Fsp3) is 0.105. The molecule has 0 radical (unpaired) electrons. The largest absolute Gasteiger partial charge is 0.462 e. The summed E-state index contributed by atoms with van der Waals surface area (Å²) in [7, 11) is 0. The van der Waals surface area contributed by atoms with Gasteiger partial charge in [0.2, 0.25) is 0 Å². The van der Waals surface area contributed by atoms with Gasteiger partial charge in [-0.05, 0) is 25.1 Å². The van der Waals surface area contributed by atoms with Gasteiger partial charge in [-0.1, -0.05) is 63.7 Å². The summed E-state index contributed by atoms with van der Waals surface area (Å²) in [5, 5.41) is 3.10. The van der Waals surface area contributed by atoms with Crippen LogP contribution in [-0.4, -0.2) is 23.5 Å². The summed E-state index contributed by atoms with van der Waals surface area (Å²) in [6.07, 6.45) is 0. The minimum Gasteiger partial charge on any atom is -0.462 e. The molecule has 5 nitrogen and oxygen atoms in total. The number of nitrogens with one attached hydrogen (secondary N) is 1. The van der Waals surface area contributed by atoms with E-state index >= 15 is 0 Å². The molecule has 0 spiro atoms. The van der Waals surface area contributed by atoms with Crippen LogP contribution in [0.4, 0.5) is 5.13 Å². The van der Waals surface area contributed by atoms with Crippen LogP contribution in [0.2, 0.25) is 0 Å². The minimum atomic E-state index is -0.452. The third-order valence-corrected chi connectivity index (χ3v) is 4.89. The number of carbonyl (C=O) groups excluding carboxylic acids is 2. The molecule has 0 unspecified atom stereocenters.